The second-order valence-corrected chi connectivity index (χ2v) is 5.09. The number of hydrogen-bond acceptors (Lipinski definition) is 3. The number of nitrogens with zero attached hydrogens (tertiary/aromatic N) is 3. The summed E-state index contributed by atoms with van der Waals surface area (Å²) in [6.45, 7) is 0.634. The van der Waals surface area contributed by atoms with E-state index in [0.717, 1.165) is 0 Å². The van der Waals surface area contributed by atoms with E-state index >= 15 is 0 Å². The fraction of sp³-hybridized carbons (Fsp3) is 0.375. The Balaban J connectivity index is 2.27. The number of halogens is 2. The predicted molar refractivity (Wildman–Crippen MR) is 59.4 cm³/mol. The van der Waals surface area contributed by atoms with E-state index in [2.05, 4.69) is 41.8 Å². The van der Waals surface area contributed by atoms with Crippen LogP contribution in [-0.4, -0.2) is 27.2 Å². The molecular weight excluding hydrogens is 314 g/mol. The van der Waals surface area contributed by atoms with E-state index in [1.54, 1.807) is 17.2 Å². The van der Waals surface area contributed by atoms with Gasteiger partial charge in [0.15, 0.2) is 0 Å². The summed E-state index contributed by atoms with van der Waals surface area (Å²) in [4.78, 5) is 21.5. The van der Waals surface area contributed by atoms with Crippen molar-refractivity contribution in [2.75, 3.05) is 11.4 Å². The van der Waals surface area contributed by atoms with Gasteiger partial charge in [0.05, 0.1) is 0 Å². The lowest BCUT2D eigenvalue weighted by Gasteiger charge is -2.12. The summed E-state index contributed by atoms with van der Waals surface area (Å²) in [5.74, 6) is 0.524. The van der Waals surface area contributed by atoms with Gasteiger partial charge in [-0.15, -0.1) is 0 Å². The topological polar surface area (TPSA) is 46.1 Å². The normalized spacial score (nSPS) is 21.7. The van der Waals surface area contributed by atoms with Gasteiger partial charge in [-0.2, -0.15) is 0 Å². The van der Waals surface area contributed by atoms with Crippen LogP contribution in [0.25, 0.3) is 0 Å². The van der Waals surface area contributed by atoms with Crippen LogP contribution in [-0.2, 0) is 4.79 Å². The van der Waals surface area contributed by atoms with Crippen LogP contribution in [0.1, 0.15) is 6.42 Å². The Hall–Kier alpha value is -0.490. The van der Waals surface area contributed by atoms with E-state index in [0.29, 0.717) is 23.5 Å². The summed E-state index contributed by atoms with van der Waals surface area (Å²) < 4.78 is 0.688. The molecule has 0 aromatic carbocycles. The van der Waals surface area contributed by atoms with Gasteiger partial charge in [0, 0.05) is 24.0 Å². The molecule has 1 fully saturated rings. The molecule has 1 aliphatic rings. The first-order valence-corrected chi connectivity index (χ1v) is 5.80. The largest absolute Gasteiger partial charge is 0.279 e. The van der Waals surface area contributed by atoms with Crippen molar-refractivity contribution in [3.05, 3.63) is 16.9 Å². The molecule has 4 nitrogen and oxygen atoms in total. The smallest absolute Gasteiger partial charge is 0.233 e. The van der Waals surface area contributed by atoms with Gasteiger partial charge in [-0.3, -0.25) is 9.69 Å². The summed E-state index contributed by atoms with van der Waals surface area (Å²) in [7, 11) is 0. The highest BCUT2D eigenvalue weighted by molar-refractivity contribution is 9.10. The third-order valence-corrected chi connectivity index (χ3v) is 2.98. The molecule has 74 valence electrons. The molecule has 1 aliphatic heterocycles. The third kappa shape index (κ3) is 1.95. The van der Waals surface area contributed by atoms with Gasteiger partial charge in [0.1, 0.15) is 4.60 Å². The predicted octanol–water partition coefficient (Wildman–Crippen LogP) is 1.74. The van der Waals surface area contributed by atoms with Gasteiger partial charge in [-0.05, 0) is 22.0 Å². The molecule has 1 unspecified atom stereocenters. The molecule has 1 saturated heterocycles. The van der Waals surface area contributed by atoms with Crippen molar-refractivity contribution < 1.29 is 4.79 Å². The maximum atomic E-state index is 11.5. The van der Waals surface area contributed by atoms with Crippen LogP contribution in [0.2, 0.25) is 0 Å². The minimum absolute atomic E-state index is 0.0602. The Morgan fingerprint density at radius 2 is 2.36 bits per heavy atom. The highest BCUT2D eigenvalue weighted by Gasteiger charge is 2.30. The van der Waals surface area contributed by atoms with E-state index in [1.807, 2.05) is 0 Å². The molecule has 0 aliphatic carbocycles. The molecule has 2 rings (SSSR count). The molecule has 0 spiro atoms. The maximum Gasteiger partial charge on any atom is 0.233 e. The van der Waals surface area contributed by atoms with Crippen molar-refractivity contribution in [3.8, 4) is 0 Å². The third-order valence-electron chi connectivity index (χ3n) is 1.93. The van der Waals surface area contributed by atoms with Gasteiger partial charge in [0.25, 0.3) is 0 Å². The quantitative estimate of drug-likeness (QED) is 0.585. The monoisotopic (exact) mass is 319 g/mol. The molecule has 0 bridgehead atoms. The van der Waals surface area contributed by atoms with Gasteiger partial charge >= 0.3 is 0 Å². The number of amides is 1. The summed E-state index contributed by atoms with van der Waals surface area (Å²) in [6.07, 6.45) is 2.14. The molecule has 1 amide bonds. The van der Waals surface area contributed by atoms with Crippen molar-refractivity contribution in [2.24, 2.45) is 0 Å². The molecule has 1 atom stereocenters. The zero-order valence-corrected chi connectivity index (χ0v) is 10.3. The molecule has 0 saturated carbocycles. The Labute approximate surface area is 98.0 Å². The van der Waals surface area contributed by atoms with Crippen LogP contribution < -0.4 is 4.90 Å². The number of aromatic nitrogens is 2. The van der Waals surface area contributed by atoms with Crippen LogP contribution in [0.5, 0.6) is 0 Å². The molecule has 0 N–H and O–H groups in total. The van der Waals surface area contributed by atoms with Crippen LogP contribution >= 0.6 is 31.9 Å². The number of carbonyl (C=O) groups is 1. The lowest BCUT2D eigenvalue weighted by atomic mass is 10.4. The second kappa shape index (κ2) is 3.94. The standard InChI is InChI=1S/C8H7Br2N3O/c9-5-3-7(14)13(4-5)8-11-2-1-6(10)12-8/h1-2,5H,3-4H2. The minimum Gasteiger partial charge on any atom is -0.279 e. The molecule has 1 aromatic heterocycles. The average Bonchev–Trinajstić information content (AvgIpc) is 2.45. The Bertz CT molecular complexity index is 371. The first-order valence-electron chi connectivity index (χ1n) is 4.10. The Morgan fingerprint density at radius 1 is 1.57 bits per heavy atom. The van der Waals surface area contributed by atoms with Gasteiger partial charge in [-0.25, -0.2) is 9.97 Å². The summed E-state index contributed by atoms with van der Waals surface area (Å²) in [5, 5.41) is 0. The highest BCUT2D eigenvalue weighted by atomic mass is 79.9. The van der Waals surface area contributed by atoms with Gasteiger partial charge in [-0.1, -0.05) is 15.9 Å². The number of hydrogen-bond donors (Lipinski definition) is 0. The number of alkyl halides is 1. The van der Waals surface area contributed by atoms with Crippen molar-refractivity contribution in [3.63, 3.8) is 0 Å². The Morgan fingerprint density at radius 3 is 2.93 bits per heavy atom. The zero-order chi connectivity index (χ0) is 10.1. The fourth-order valence-electron chi connectivity index (χ4n) is 1.31. The van der Waals surface area contributed by atoms with Crippen LogP contribution in [0, 0.1) is 0 Å². The lowest BCUT2D eigenvalue weighted by molar-refractivity contribution is -0.117. The minimum atomic E-state index is 0.0602. The highest BCUT2D eigenvalue weighted by Crippen LogP contribution is 2.22. The van der Waals surface area contributed by atoms with Crippen molar-refractivity contribution in [2.45, 2.75) is 11.2 Å². The summed E-state index contributed by atoms with van der Waals surface area (Å²) in [5.41, 5.74) is 0. The SMILES string of the molecule is O=C1CC(Br)CN1c1nccc(Br)n1. The maximum absolute atomic E-state index is 11.5. The van der Waals surface area contributed by atoms with Crippen LogP contribution in [0.4, 0.5) is 5.95 Å². The summed E-state index contributed by atoms with van der Waals surface area (Å²) >= 11 is 6.65. The van der Waals surface area contributed by atoms with E-state index in [1.165, 1.54) is 0 Å². The first-order chi connectivity index (χ1) is 6.66. The van der Waals surface area contributed by atoms with Crippen molar-refractivity contribution in [1.29, 1.82) is 0 Å². The van der Waals surface area contributed by atoms with Crippen LogP contribution in [0.15, 0.2) is 16.9 Å². The van der Waals surface area contributed by atoms with Gasteiger partial charge in [0.2, 0.25) is 11.9 Å². The molecule has 0 radical (unpaired) electrons. The molecule has 1 aromatic rings. The summed E-state index contributed by atoms with van der Waals surface area (Å²) in [6, 6.07) is 1.73. The second-order valence-electron chi connectivity index (χ2n) is 2.99. The lowest BCUT2D eigenvalue weighted by Crippen LogP contribution is -2.26. The van der Waals surface area contributed by atoms with E-state index in [-0.39, 0.29) is 10.7 Å². The van der Waals surface area contributed by atoms with E-state index < -0.39 is 0 Å². The number of anilines is 1. The average molecular weight is 321 g/mol. The van der Waals surface area contributed by atoms with Crippen molar-refractivity contribution in [1.82, 2.24) is 9.97 Å². The number of rotatable bonds is 1. The number of carbonyl (C=O) groups excluding carboxylic acids is 1. The molecule has 6 heteroatoms. The van der Waals surface area contributed by atoms with E-state index in [9.17, 15) is 4.79 Å². The van der Waals surface area contributed by atoms with Gasteiger partial charge < -0.3 is 0 Å². The van der Waals surface area contributed by atoms with E-state index in [4.69, 9.17) is 0 Å². The zero-order valence-electron chi connectivity index (χ0n) is 7.15. The van der Waals surface area contributed by atoms with Crippen LogP contribution in [0.3, 0.4) is 0 Å². The first kappa shape index (κ1) is 10.0. The molecular formula is C8H7Br2N3O. The van der Waals surface area contributed by atoms with Crippen molar-refractivity contribution >= 4 is 43.7 Å². The fourth-order valence-corrected chi connectivity index (χ4v) is 2.16. The molecule has 14 heavy (non-hydrogen) atoms. The molecule has 2 heterocycles. The Kier molecular flexibility index (Phi) is 2.83.